The first-order valence-corrected chi connectivity index (χ1v) is 9.91. The van der Waals surface area contributed by atoms with Crippen molar-refractivity contribution in [3.8, 4) is 5.75 Å². The van der Waals surface area contributed by atoms with Gasteiger partial charge < -0.3 is 10.2 Å². The Morgan fingerprint density at radius 1 is 1.00 bits per heavy atom. The third kappa shape index (κ3) is 4.02. The molecule has 2 nitrogen and oxygen atoms in total. The van der Waals surface area contributed by atoms with Crippen LogP contribution < -0.4 is 0 Å². The normalized spacial score (nSPS) is 16.4. The van der Waals surface area contributed by atoms with Gasteiger partial charge in [-0.3, -0.25) is 0 Å². The summed E-state index contributed by atoms with van der Waals surface area (Å²) in [4.78, 5) is 0. The maximum atomic E-state index is 10.7. The molecule has 138 valence electrons. The Bertz CT molecular complexity index is 787. The van der Waals surface area contributed by atoms with E-state index < -0.39 is 0 Å². The second-order valence-electron chi connectivity index (χ2n) is 7.44. The van der Waals surface area contributed by atoms with E-state index in [1.807, 2.05) is 19.1 Å². The Morgan fingerprint density at radius 2 is 1.73 bits per heavy atom. The lowest BCUT2D eigenvalue weighted by atomic mass is 9.86. The summed E-state index contributed by atoms with van der Waals surface area (Å²) in [5, 5.41) is 20.4. The number of aromatic hydroxyl groups is 1. The zero-order chi connectivity index (χ0) is 18.5. The third-order valence-electron chi connectivity index (χ3n) is 5.33. The second-order valence-corrected chi connectivity index (χ2v) is 7.44. The first kappa shape index (κ1) is 18.7. The van der Waals surface area contributed by atoms with Crippen molar-refractivity contribution in [2.24, 2.45) is 0 Å². The van der Waals surface area contributed by atoms with Crippen molar-refractivity contribution in [2.45, 2.75) is 64.9 Å². The minimum Gasteiger partial charge on any atom is -0.507 e. The number of aliphatic hydroxyl groups excluding tert-OH is 1. The highest BCUT2D eigenvalue weighted by molar-refractivity contribution is 5.88. The molecule has 1 atom stereocenters. The molecule has 1 aliphatic carbocycles. The van der Waals surface area contributed by atoms with Crippen molar-refractivity contribution in [1.29, 1.82) is 0 Å². The van der Waals surface area contributed by atoms with Crippen LogP contribution in [0.4, 0.5) is 0 Å². The highest BCUT2D eigenvalue weighted by Crippen LogP contribution is 2.42. The van der Waals surface area contributed by atoms with Crippen LogP contribution in [0.2, 0.25) is 0 Å². The zero-order valence-corrected chi connectivity index (χ0v) is 16.0. The molecular weight excluding hydrogens is 320 g/mol. The van der Waals surface area contributed by atoms with Crippen LogP contribution in [0.5, 0.6) is 5.75 Å². The first-order valence-electron chi connectivity index (χ1n) is 9.91. The highest BCUT2D eigenvalue weighted by Gasteiger charge is 2.23. The van der Waals surface area contributed by atoms with Crippen LogP contribution in [0, 0.1) is 0 Å². The third-order valence-corrected chi connectivity index (χ3v) is 5.33. The fraction of sp³-hybridized carbons (Fsp3) is 0.417. The zero-order valence-electron chi connectivity index (χ0n) is 16.0. The second kappa shape index (κ2) is 8.55. The maximum absolute atomic E-state index is 10.7. The molecule has 2 heteroatoms. The molecule has 0 saturated heterocycles. The summed E-state index contributed by atoms with van der Waals surface area (Å²) >= 11 is 0. The molecule has 2 N–H and O–H groups in total. The van der Waals surface area contributed by atoms with Crippen LogP contribution in [-0.4, -0.2) is 16.3 Å². The number of phenols is 1. The maximum Gasteiger partial charge on any atom is 0.123 e. The van der Waals surface area contributed by atoms with Gasteiger partial charge in [0.2, 0.25) is 0 Å². The van der Waals surface area contributed by atoms with E-state index in [0.717, 1.165) is 50.5 Å². The fourth-order valence-electron chi connectivity index (χ4n) is 4.12. The standard InChI is InChI=1S/C24H30O2/c1-3-8-19(11-6-9-17(2)25)23-21-13-5-4-10-18(21)15-16-20-12-7-14-22(26)24(20)23/h4-5,7,10,12-14,17,25-26H,3,6,8-9,11,15-16H2,1-2H3/b23-19+. The summed E-state index contributed by atoms with van der Waals surface area (Å²) in [6, 6.07) is 14.6. The van der Waals surface area contributed by atoms with Gasteiger partial charge in [0.05, 0.1) is 6.10 Å². The van der Waals surface area contributed by atoms with E-state index >= 15 is 0 Å². The summed E-state index contributed by atoms with van der Waals surface area (Å²) in [7, 11) is 0. The van der Waals surface area contributed by atoms with E-state index in [0.29, 0.717) is 5.75 Å². The average Bonchev–Trinajstić information content (AvgIpc) is 2.79. The van der Waals surface area contributed by atoms with Gasteiger partial charge >= 0.3 is 0 Å². The van der Waals surface area contributed by atoms with Crippen LogP contribution in [0.1, 0.15) is 68.2 Å². The number of rotatable bonds is 6. The number of hydrogen-bond acceptors (Lipinski definition) is 2. The summed E-state index contributed by atoms with van der Waals surface area (Å²) in [5.74, 6) is 0.387. The minimum atomic E-state index is -0.259. The lowest BCUT2D eigenvalue weighted by Gasteiger charge is -2.19. The Hall–Kier alpha value is -2.06. The van der Waals surface area contributed by atoms with E-state index in [1.54, 1.807) is 0 Å². The van der Waals surface area contributed by atoms with E-state index in [1.165, 1.54) is 27.8 Å². The van der Waals surface area contributed by atoms with Crippen LogP contribution in [0.3, 0.4) is 0 Å². The van der Waals surface area contributed by atoms with Crippen molar-refractivity contribution in [3.05, 3.63) is 70.3 Å². The van der Waals surface area contributed by atoms with E-state index in [4.69, 9.17) is 0 Å². The van der Waals surface area contributed by atoms with Gasteiger partial charge in [0.25, 0.3) is 0 Å². The summed E-state index contributed by atoms with van der Waals surface area (Å²) < 4.78 is 0. The SMILES string of the molecule is CCC/C(CCCC(C)O)=C1/c2ccccc2CCc2cccc(O)c21. The number of phenolic OH excluding ortho intramolecular Hbond substituents is 1. The predicted octanol–water partition coefficient (Wildman–Crippen LogP) is 5.64. The molecular formula is C24H30O2. The number of allylic oxidation sites excluding steroid dienone is 1. The van der Waals surface area contributed by atoms with Crippen LogP contribution >= 0.6 is 0 Å². The Kier molecular flexibility index (Phi) is 6.16. The number of hydrogen-bond donors (Lipinski definition) is 2. The molecule has 0 amide bonds. The molecule has 0 heterocycles. The summed E-state index contributed by atoms with van der Waals surface area (Å²) in [6.07, 6.45) is 6.56. The smallest absolute Gasteiger partial charge is 0.123 e. The highest BCUT2D eigenvalue weighted by atomic mass is 16.3. The van der Waals surface area contributed by atoms with Crippen molar-refractivity contribution in [2.75, 3.05) is 0 Å². The fourth-order valence-corrected chi connectivity index (χ4v) is 4.12. The van der Waals surface area contributed by atoms with Gasteiger partial charge in [-0.25, -0.2) is 0 Å². The van der Waals surface area contributed by atoms with Crippen molar-refractivity contribution in [1.82, 2.24) is 0 Å². The number of aryl methyl sites for hydroxylation is 2. The van der Waals surface area contributed by atoms with Crippen LogP contribution in [0.15, 0.2) is 48.0 Å². The molecule has 0 bridgehead atoms. The van der Waals surface area contributed by atoms with E-state index in [2.05, 4.69) is 37.3 Å². The Labute approximate surface area is 157 Å². The lowest BCUT2D eigenvalue weighted by molar-refractivity contribution is 0.181. The molecule has 0 aromatic heterocycles. The molecule has 0 saturated carbocycles. The number of aliphatic hydroxyl groups is 1. The van der Waals surface area contributed by atoms with Gasteiger partial charge in [0, 0.05) is 5.56 Å². The number of benzene rings is 2. The van der Waals surface area contributed by atoms with Gasteiger partial charge in [-0.1, -0.05) is 55.3 Å². The monoisotopic (exact) mass is 350 g/mol. The number of fused-ring (bicyclic) bond motifs is 2. The molecule has 0 radical (unpaired) electrons. The Balaban J connectivity index is 2.18. The molecule has 0 spiro atoms. The van der Waals surface area contributed by atoms with Crippen LogP contribution in [-0.2, 0) is 12.8 Å². The van der Waals surface area contributed by atoms with Gasteiger partial charge in [-0.15, -0.1) is 0 Å². The molecule has 2 aromatic carbocycles. The average molecular weight is 351 g/mol. The van der Waals surface area contributed by atoms with Crippen molar-refractivity contribution < 1.29 is 10.2 Å². The largest absolute Gasteiger partial charge is 0.507 e. The molecule has 0 aliphatic heterocycles. The van der Waals surface area contributed by atoms with Gasteiger partial charge in [0.1, 0.15) is 5.75 Å². The lowest BCUT2D eigenvalue weighted by Crippen LogP contribution is -2.02. The summed E-state index contributed by atoms with van der Waals surface area (Å²) in [5.41, 5.74) is 7.54. The van der Waals surface area contributed by atoms with Crippen molar-refractivity contribution in [3.63, 3.8) is 0 Å². The molecule has 2 aromatic rings. The van der Waals surface area contributed by atoms with Gasteiger partial charge in [-0.05, 0) is 73.8 Å². The molecule has 0 fully saturated rings. The quantitative estimate of drug-likeness (QED) is 0.707. The molecule has 1 aliphatic rings. The summed E-state index contributed by atoms with van der Waals surface area (Å²) in [6.45, 7) is 4.07. The molecule has 1 unspecified atom stereocenters. The molecule has 3 rings (SSSR count). The van der Waals surface area contributed by atoms with E-state index in [9.17, 15) is 10.2 Å². The van der Waals surface area contributed by atoms with Crippen molar-refractivity contribution >= 4 is 5.57 Å². The topological polar surface area (TPSA) is 40.5 Å². The predicted molar refractivity (Wildman–Crippen MR) is 108 cm³/mol. The van der Waals surface area contributed by atoms with Crippen LogP contribution in [0.25, 0.3) is 5.57 Å². The Morgan fingerprint density at radius 3 is 2.50 bits per heavy atom. The molecule has 26 heavy (non-hydrogen) atoms. The van der Waals surface area contributed by atoms with Gasteiger partial charge in [-0.2, -0.15) is 0 Å². The first-order chi connectivity index (χ1) is 12.6. The van der Waals surface area contributed by atoms with Gasteiger partial charge in [0.15, 0.2) is 0 Å². The van der Waals surface area contributed by atoms with E-state index in [-0.39, 0.29) is 6.10 Å². The minimum absolute atomic E-state index is 0.259.